The first kappa shape index (κ1) is 10.8. The van der Waals surface area contributed by atoms with Crippen LogP contribution in [0.25, 0.3) is 12.2 Å². The average Bonchev–Trinajstić information content (AvgIpc) is 2.84. The Morgan fingerprint density at radius 1 is 1.28 bits per heavy atom. The van der Waals surface area contributed by atoms with Gasteiger partial charge in [0.15, 0.2) is 0 Å². The van der Waals surface area contributed by atoms with Crippen molar-refractivity contribution in [2.75, 3.05) is 6.61 Å². The van der Waals surface area contributed by atoms with Crippen molar-refractivity contribution in [2.24, 2.45) is 0 Å². The Labute approximate surface area is 104 Å². The third-order valence-corrected chi connectivity index (χ3v) is 2.84. The molecule has 0 atom stereocenters. The molecule has 4 heteroatoms. The van der Waals surface area contributed by atoms with Gasteiger partial charge in [0, 0.05) is 18.7 Å². The van der Waals surface area contributed by atoms with Crippen molar-refractivity contribution in [2.45, 2.75) is 6.42 Å². The third kappa shape index (κ3) is 2.18. The molecule has 1 aliphatic rings. The molecular formula is C14H12N2O2. The van der Waals surface area contributed by atoms with Crippen LogP contribution < -0.4 is 10.3 Å². The molecule has 0 bridgehead atoms. The molecule has 3 rings (SSSR count). The van der Waals surface area contributed by atoms with Crippen molar-refractivity contribution in [3.63, 3.8) is 0 Å². The summed E-state index contributed by atoms with van der Waals surface area (Å²) in [6.45, 7) is 0.760. The van der Waals surface area contributed by atoms with Crippen LogP contribution in [0.5, 0.6) is 5.75 Å². The first-order valence-electron chi connectivity index (χ1n) is 5.80. The first-order chi connectivity index (χ1) is 8.81. The standard InChI is InChI=1S/C14H12N2O2/c17-14-5-7-15-13(16-14)4-2-10-1-3-12-11(9-10)6-8-18-12/h1-5,7,9H,6,8H2,(H,15,16,17). The van der Waals surface area contributed by atoms with E-state index in [1.807, 2.05) is 18.2 Å². The molecule has 90 valence electrons. The molecule has 1 aromatic carbocycles. The van der Waals surface area contributed by atoms with E-state index in [4.69, 9.17) is 4.74 Å². The summed E-state index contributed by atoms with van der Waals surface area (Å²) >= 11 is 0. The number of benzene rings is 1. The number of fused-ring (bicyclic) bond motifs is 1. The van der Waals surface area contributed by atoms with E-state index < -0.39 is 0 Å². The van der Waals surface area contributed by atoms with E-state index in [0.717, 1.165) is 24.3 Å². The molecule has 1 N–H and O–H groups in total. The summed E-state index contributed by atoms with van der Waals surface area (Å²) in [5, 5.41) is 0. The minimum atomic E-state index is -0.146. The van der Waals surface area contributed by atoms with Crippen LogP contribution in [0.2, 0.25) is 0 Å². The van der Waals surface area contributed by atoms with Crippen molar-refractivity contribution in [3.05, 3.63) is 57.8 Å². The van der Waals surface area contributed by atoms with Gasteiger partial charge in [-0.25, -0.2) is 4.98 Å². The summed E-state index contributed by atoms with van der Waals surface area (Å²) < 4.78 is 5.45. The van der Waals surface area contributed by atoms with Crippen LogP contribution in [0.15, 0.2) is 35.3 Å². The van der Waals surface area contributed by atoms with Gasteiger partial charge in [-0.2, -0.15) is 0 Å². The second-order valence-electron chi connectivity index (χ2n) is 4.12. The van der Waals surface area contributed by atoms with Crippen LogP contribution in [0, 0.1) is 0 Å². The number of aromatic nitrogens is 2. The largest absolute Gasteiger partial charge is 0.493 e. The Hall–Kier alpha value is -2.36. The SMILES string of the molecule is O=c1ccnc(C=Cc2ccc3c(c2)CCO3)[nH]1. The molecule has 2 heterocycles. The Morgan fingerprint density at radius 3 is 3.11 bits per heavy atom. The highest BCUT2D eigenvalue weighted by molar-refractivity contribution is 5.67. The minimum absolute atomic E-state index is 0.146. The number of aromatic amines is 1. The van der Waals surface area contributed by atoms with Gasteiger partial charge in [0.2, 0.25) is 0 Å². The van der Waals surface area contributed by atoms with E-state index in [1.165, 1.54) is 17.8 Å². The second-order valence-corrected chi connectivity index (χ2v) is 4.12. The van der Waals surface area contributed by atoms with Gasteiger partial charge in [-0.1, -0.05) is 12.1 Å². The molecule has 4 nitrogen and oxygen atoms in total. The van der Waals surface area contributed by atoms with E-state index in [9.17, 15) is 4.79 Å². The zero-order valence-electron chi connectivity index (χ0n) is 9.72. The lowest BCUT2D eigenvalue weighted by Gasteiger charge is -1.99. The van der Waals surface area contributed by atoms with Gasteiger partial charge < -0.3 is 9.72 Å². The van der Waals surface area contributed by atoms with Gasteiger partial charge in [0.25, 0.3) is 5.56 Å². The van der Waals surface area contributed by atoms with Gasteiger partial charge in [0.1, 0.15) is 11.6 Å². The summed E-state index contributed by atoms with van der Waals surface area (Å²) in [5.41, 5.74) is 2.16. The molecule has 1 aromatic heterocycles. The Balaban J connectivity index is 1.86. The predicted octanol–water partition coefficient (Wildman–Crippen LogP) is 1.88. The summed E-state index contributed by atoms with van der Waals surface area (Å²) in [7, 11) is 0. The Kier molecular flexibility index (Phi) is 2.68. The van der Waals surface area contributed by atoms with Crippen LogP contribution in [-0.4, -0.2) is 16.6 Å². The molecular weight excluding hydrogens is 228 g/mol. The zero-order chi connectivity index (χ0) is 12.4. The topological polar surface area (TPSA) is 55.0 Å². The Bertz CT molecular complexity index is 659. The van der Waals surface area contributed by atoms with Crippen molar-refractivity contribution < 1.29 is 4.74 Å². The second kappa shape index (κ2) is 4.49. The molecule has 1 aliphatic heterocycles. The van der Waals surface area contributed by atoms with Crippen molar-refractivity contribution in [3.8, 4) is 5.75 Å². The molecule has 0 unspecified atom stereocenters. The van der Waals surface area contributed by atoms with Crippen LogP contribution in [-0.2, 0) is 6.42 Å². The fraction of sp³-hybridized carbons (Fsp3) is 0.143. The van der Waals surface area contributed by atoms with Crippen LogP contribution in [0.1, 0.15) is 17.0 Å². The first-order valence-corrected chi connectivity index (χ1v) is 5.80. The van der Waals surface area contributed by atoms with Gasteiger partial charge >= 0.3 is 0 Å². The van der Waals surface area contributed by atoms with E-state index in [0.29, 0.717) is 5.82 Å². The smallest absolute Gasteiger partial charge is 0.251 e. The van der Waals surface area contributed by atoms with Gasteiger partial charge in [-0.05, 0) is 29.3 Å². The molecule has 18 heavy (non-hydrogen) atoms. The molecule has 2 aromatic rings. The molecule has 0 saturated carbocycles. The average molecular weight is 240 g/mol. The number of hydrogen-bond acceptors (Lipinski definition) is 3. The number of ether oxygens (including phenoxy) is 1. The molecule has 0 aliphatic carbocycles. The summed E-state index contributed by atoms with van der Waals surface area (Å²) in [5.74, 6) is 1.53. The Morgan fingerprint density at radius 2 is 2.22 bits per heavy atom. The summed E-state index contributed by atoms with van der Waals surface area (Å²) in [4.78, 5) is 17.8. The van der Waals surface area contributed by atoms with Crippen molar-refractivity contribution >= 4 is 12.2 Å². The number of H-pyrrole nitrogens is 1. The minimum Gasteiger partial charge on any atom is -0.493 e. The predicted molar refractivity (Wildman–Crippen MR) is 69.4 cm³/mol. The lowest BCUT2D eigenvalue weighted by molar-refractivity contribution is 0.357. The maximum atomic E-state index is 11.1. The monoisotopic (exact) mass is 240 g/mol. The maximum absolute atomic E-state index is 11.1. The molecule has 0 saturated heterocycles. The fourth-order valence-corrected chi connectivity index (χ4v) is 1.96. The lowest BCUT2D eigenvalue weighted by atomic mass is 10.1. The lowest BCUT2D eigenvalue weighted by Crippen LogP contribution is -2.05. The van der Waals surface area contributed by atoms with E-state index in [1.54, 1.807) is 6.08 Å². The van der Waals surface area contributed by atoms with E-state index in [-0.39, 0.29) is 5.56 Å². The van der Waals surface area contributed by atoms with Crippen LogP contribution in [0.4, 0.5) is 0 Å². The van der Waals surface area contributed by atoms with Gasteiger partial charge in [0.05, 0.1) is 6.61 Å². The maximum Gasteiger partial charge on any atom is 0.251 e. The van der Waals surface area contributed by atoms with E-state index in [2.05, 4.69) is 16.0 Å². The van der Waals surface area contributed by atoms with Crippen LogP contribution in [0.3, 0.4) is 0 Å². The third-order valence-electron chi connectivity index (χ3n) is 2.84. The molecule has 0 spiro atoms. The highest BCUT2D eigenvalue weighted by Gasteiger charge is 2.10. The van der Waals surface area contributed by atoms with Crippen molar-refractivity contribution in [1.29, 1.82) is 0 Å². The highest BCUT2D eigenvalue weighted by atomic mass is 16.5. The number of nitrogens with zero attached hydrogens (tertiary/aromatic N) is 1. The molecule has 0 fully saturated rings. The highest BCUT2D eigenvalue weighted by Crippen LogP contribution is 2.26. The van der Waals surface area contributed by atoms with Gasteiger partial charge in [-0.3, -0.25) is 4.79 Å². The summed E-state index contributed by atoms with van der Waals surface area (Å²) in [6.07, 6.45) is 6.17. The molecule has 0 radical (unpaired) electrons. The van der Waals surface area contributed by atoms with Crippen molar-refractivity contribution in [1.82, 2.24) is 9.97 Å². The number of hydrogen-bond donors (Lipinski definition) is 1. The summed E-state index contributed by atoms with van der Waals surface area (Å²) in [6, 6.07) is 7.45. The quantitative estimate of drug-likeness (QED) is 0.871. The number of nitrogens with one attached hydrogen (secondary N) is 1. The normalized spacial score (nSPS) is 13.6. The number of rotatable bonds is 2. The molecule has 0 amide bonds. The van der Waals surface area contributed by atoms with Crippen LogP contribution >= 0.6 is 0 Å². The fourth-order valence-electron chi connectivity index (χ4n) is 1.96. The van der Waals surface area contributed by atoms with E-state index >= 15 is 0 Å². The zero-order valence-corrected chi connectivity index (χ0v) is 9.72. The van der Waals surface area contributed by atoms with Gasteiger partial charge in [-0.15, -0.1) is 0 Å².